The topological polar surface area (TPSA) is 67.6 Å². The van der Waals surface area contributed by atoms with E-state index in [0.717, 1.165) is 5.56 Å². The fraction of sp³-hybridized carbons (Fsp3) is 0.412. The minimum atomic E-state index is -0.921. The van der Waals surface area contributed by atoms with Gasteiger partial charge in [0.25, 0.3) is 0 Å². The van der Waals surface area contributed by atoms with Gasteiger partial charge in [-0.15, -0.1) is 0 Å². The van der Waals surface area contributed by atoms with Gasteiger partial charge in [-0.3, -0.25) is 4.68 Å². The molecule has 3 atom stereocenters. The van der Waals surface area contributed by atoms with Crippen LogP contribution in [0.3, 0.4) is 0 Å². The average Bonchev–Trinajstić information content (AvgIpc) is 3.11. The largest absolute Gasteiger partial charge is 0.465 e. The zero-order valence-electron chi connectivity index (χ0n) is 13.4. The highest BCUT2D eigenvalue weighted by Crippen LogP contribution is 2.23. The summed E-state index contributed by atoms with van der Waals surface area (Å²) in [6.07, 6.45) is 3.03. The van der Waals surface area contributed by atoms with Crippen LogP contribution in [-0.4, -0.2) is 51.2 Å². The number of rotatable bonds is 4. The third kappa shape index (κ3) is 3.71. The van der Waals surface area contributed by atoms with Crippen LogP contribution in [0.5, 0.6) is 0 Å². The summed E-state index contributed by atoms with van der Waals surface area (Å²) in [5, 5.41) is 14.5. The second-order valence-electron chi connectivity index (χ2n) is 6.02. The van der Waals surface area contributed by atoms with Gasteiger partial charge in [-0.25, -0.2) is 4.79 Å². The highest BCUT2D eigenvalue weighted by molar-refractivity contribution is 6.30. The molecule has 128 valence electrons. The maximum Gasteiger partial charge on any atom is 0.407 e. The Bertz CT molecular complexity index is 675. The lowest BCUT2D eigenvalue weighted by molar-refractivity contribution is -0.0734. The average molecular weight is 350 g/mol. The second kappa shape index (κ2) is 7.23. The molecule has 0 saturated carbocycles. The summed E-state index contributed by atoms with van der Waals surface area (Å²) in [7, 11) is 0. The van der Waals surface area contributed by atoms with Gasteiger partial charge in [-0.2, -0.15) is 5.10 Å². The molecule has 0 bridgehead atoms. The van der Waals surface area contributed by atoms with Crippen LogP contribution >= 0.6 is 11.6 Å². The van der Waals surface area contributed by atoms with E-state index in [4.69, 9.17) is 16.3 Å². The third-order valence-electron chi connectivity index (χ3n) is 4.43. The number of ether oxygens (including phenoxy) is 1. The Hall–Kier alpha value is -2.05. The highest BCUT2D eigenvalue weighted by Gasteiger charge is 2.35. The second-order valence-corrected chi connectivity index (χ2v) is 6.45. The third-order valence-corrected chi connectivity index (χ3v) is 4.68. The van der Waals surface area contributed by atoms with Crippen molar-refractivity contribution in [3.8, 4) is 0 Å². The number of morpholine rings is 1. The number of amides is 1. The first-order valence-electron chi connectivity index (χ1n) is 7.89. The van der Waals surface area contributed by atoms with E-state index < -0.39 is 6.09 Å². The first-order chi connectivity index (χ1) is 11.5. The zero-order chi connectivity index (χ0) is 17.1. The van der Waals surface area contributed by atoms with E-state index in [-0.39, 0.29) is 18.2 Å². The molecule has 1 aromatic heterocycles. The van der Waals surface area contributed by atoms with Gasteiger partial charge in [0.1, 0.15) is 0 Å². The molecule has 24 heavy (non-hydrogen) atoms. The number of aromatic nitrogens is 2. The quantitative estimate of drug-likeness (QED) is 0.921. The number of halogens is 1. The standard InChI is InChI=1S/C17H20ClN3O3/c1-12(21-8-2-7-19-21)16-10-20(17(22)23)15(11-24-16)9-13-3-5-14(18)6-4-13/h2-8,12,15-16H,9-11H2,1H3,(H,22,23)/t12-,15+,16-/m1/s1. The molecule has 3 rings (SSSR count). The molecule has 0 aliphatic carbocycles. The minimum absolute atomic E-state index is 0.0293. The Kier molecular flexibility index (Phi) is 5.06. The Balaban J connectivity index is 1.69. The summed E-state index contributed by atoms with van der Waals surface area (Å²) in [6, 6.07) is 9.07. The van der Waals surface area contributed by atoms with Crippen molar-refractivity contribution < 1.29 is 14.6 Å². The van der Waals surface area contributed by atoms with Crippen molar-refractivity contribution in [1.29, 1.82) is 0 Å². The van der Waals surface area contributed by atoms with Gasteiger partial charge in [0, 0.05) is 17.4 Å². The summed E-state index contributed by atoms with van der Waals surface area (Å²) in [5.74, 6) is 0. The smallest absolute Gasteiger partial charge is 0.407 e. The van der Waals surface area contributed by atoms with Gasteiger partial charge in [0.15, 0.2) is 0 Å². The first-order valence-corrected chi connectivity index (χ1v) is 8.27. The van der Waals surface area contributed by atoms with Gasteiger partial charge in [-0.1, -0.05) is 23.7 Å². The number of benzene rings is 1. The molecule has 1 aromatic carbocycles. The molecule has 1 N–H and O–H groups in total. The monoisotopic (exact) mass is 349 g/mol. The van der Waals surface area contributed by atoms with Gasteiger partial charge >= 0.3 is 6.09 Å². The Labute approximate surface area is 145 Å². The predicted molar refractivity (Wildman–Crippen MR) is 90.4 cm³/mol. The summed E-state index contributed by atoms with van der Waals surface area (Å²) < 4.78 is 7.76. The van der Waals surface area contributed by atoms with Gasteiger partial charge < -0.3 is 14.7 Å². The van der Waals surface area contributed by atoms with E-state index in [9.17, 15) is 9.90 Å². The van der Waals surface area contributed by atoms with Crippen molar-refractivity contribution in [3.63, 3.8) is 0 Å². The van der Waals surface area contributed by atoms with Crippen LogP contribution in [0.25, 0.3) is 0 Å². The number of carboxylic acid groups (broad SMARTS) is 1. The van der Waals surface area contributed by atoms with Crippen molar-refractivity contribution in [3.05, 3.63) is 53.3 Å². The zero-order valence-corrected chi connectivity index (χ0v) is 14.1. The molecular weight excluding hydrogens is 330 g/mol. The van der Waals surface area contributed by atoms with Crippen molar-refractivity contribution in [2.75, 3.05) is 13.2 Å². The van der Waals surface area contributed by atoms with Crippen LogP contribution in [-0.2, 0) is 11.2 Å². The molecule has 1 fully saturated rings. The van der Waals surface area contributed by atoms with Crippen LogP contribution in [0, 0.1) is 0 Å². The molecule has 6 nitrogen and oxygen atoms in total. The number of hydrogen-bond donors (Lipinski definition) is 1. The van der Waals surface area contributed by atoms with Crippen molar-refractivity contribution in [2.24, 2.45) is 0 Å². The van der Waals surface area contributed by atoms with E-state index in [1.165, 1.54) is 4.90 Å². The summed E-state index contributed by atoms with van der Waals surface area (Å²) >= 11 is 5.90. The minimum Gasteiger partial charge on any atom is -0.465 e. The van der Waals surface area contributed by atoms with Crippen LogP contribution in [0.4, 0.5) is 4.79 Å². The van der Waals surface area contributed by atoms with Gasteiger partial charge in [-0.05, 0) is 37.1 Å². The van der Waals surface area contributed by atoms with Crippen LogP contribution < -0.4 is 0 Å². The predicted octanol–water partition coefficient (Wildman–Crippen LogP) is 3.09. The van der Waals surface area contributed by atoms with E-state index in [1.54, 1.807) is 10.9 Å². The van der Waals surface area contributed by atoms with E-state index in [1.807, 2.05) is 43.5 Å². The van der Waals surface area contributed by atoms with Crippen molar-refractivity contribution in [1.82, 2.24) is 14.7 Å². The van der Waals surface area contributed by atoms with E-state index in [0.29, 0.717) is 24.6 Å². The Morgan fingerprint density at radius 3 is 2.83 bits per heavy atom. The molecule has 1 aliphatic rings. The molecule has 1 aliphatic heterocycles. The Morgan fingerprint density at radius 2 is 2.21 bits per heavy atom. The highest BCUT2D eigenvalue weighted by atomic mass is 35.5. The molecule has 7 heteroatoms. The molecular formula is C17H20ClN3O3. The fourth-order valence-electron chi connectivity index (χ4n) is 3.00. The molecule has 2 aromatic rings. The van der Waals surface area contributed by atoms with Crippen LogP contribution in [0.15, 0.2) is 42.7 Å². The van der Waals surface area contributed by atoms with E-state index in [2.05, 4.69) is 5.10 Å². The number of nitrogens with zero attached hydrogens (tertiary/aromatic N) is 3. The lowest BCUT2D eigenvalue weighted by Gasteiger charge is -2.40. The van der Waals surface area contributed by atoms with Crippen molar-refractivity contribution in [2.45, 2.75) is 31.5 Å². The molecule has 0 radical (unpaired) electrons. The first kappa shape index (κ1) is 16.8. The summed E-state index contributed by atoms with van der Waals surface area (Å²) in [4.78, 5) is 13.2. The summed E-state index contributed by atoms with van der Waals surface area (Å²) in [6.45, 7) is 2.68. The number of carbonyl (C=O) groups is 1. The van der Waals surface area contributed by atoms with Gasteiger partial charge in [0.05, 0.1) is 31.3 Å². The van der Waals surface area contributed by atoms with E-state index >= 15 is 0 Å². The molecule has 1 amide bonds. The maximum atomic E-state index is 11.7. The molecule has 1 saturated heterocycles. The lowest BCUT2D eigenvalue weighted by Crippen LogP contribution is -2.54. The summed E-state index contributed by atoms with van der Waals surface area (Å²) in [5.41, 5.74) is 1.04. The molecule has 0 spiro atoms. The van der Waals surface area contributed by atoms with Crippen LogP contribution in [0.2, 0.25) is 5.02 Å². The fourth-order valence-corrected chi connectivity index (χ4v) is 3.13. The molecule has 2 heterocycles. The van der Waals surface area contributed by atoms with Crippen molar-refractivity contribution >= 4 is 17.7 Å². The normalized spacial score (nSPS) is 22.3. The Morgan fingerprint density at radius 1 is 1.46 bits per heavy atom. The van der Waals surface area contributed by atoms with Gasteiger partial charge in [0.2, 0.25) is 0 Å². The van der Waals surface area contributed by atoms with Crippen LogP contribution in [0.1, 0.15) is 18.5 Å². The number of hydrogen-bond acceptors (Lipinski definition) is 3. The lowest BCUT2D eigenvalue weighted by atomic mass is 10.0. The SMILES string of the molecule is C[C@H]([C@H]1CN(C(=O)O)[C@@H](Cc2ccc(Cl)cc2)CO1)n1cccn1. The maximum absolute atomic E-state index is 11.7. The molecule has 0 unspecified atom stereocenters.